The van der Waals surface area contributed by atoms with Crippen LogP contribution < -0.4 is 15.5 Å². The highest BCUT2D eigenvalue weighted by molar-refractivity contribution is 6.09. The topological polar surface area (TPSA) is 112 Å². The SMILES string of the molecule is CC(C)n1cnc2cc(-c3ccc4c(c3)N([C@H]3C[C@@H](N5CCCCC5)C3)C(=O)C43CCN(C(=O)C4(C)CCNCC4)CC3)nc(Nc3ccncc3F)c21. The van der Waals surface area contributed by atoms with E-state index < -0.39 is 11.2 Å². The van der Waals surface area contributed by atoms with Crippen LogP contribution >= 0.6 is 0 Å². The number of nitrogens with zero attached hydrogens (tertiary/aromatic N) is 7. The van der Waals surface area contributed by atoms with E-state index in [0.717, 1.165) is 79.7 Å². The molecule has 284 valence electrons. The first-order chi connectivity index (χ1) is 26.1. The number of amides is 2. The molecular formula is C42H52FN9O2. The highest BCUT2D eigenvalue weighted by atomic mass is 19.1. The molecule has 12 heteroatoms. The fraction of sp³-hybridized carbons (Fsp3) is 0.548. The van der Waals surface area contributed by atoms with Gasteiger partial charge in [0.2, 0.25) is 11.8 Å². The Morgan fingerprint density at radius 3 is 2.46 bits per heavy atom. The predicted octanol–water partition coefficient (Wildman–Crippen LogP) is 6.57. The maximum absolute atomic E-state index is 15.0. The average Bonchev–Trinajstić information content (AvgIpc) is 3.70. The van der Waals surface area contributed by atoms with E-state index >= 15 is 0 Å². The number of carbonyl (C=O) groups is 2. The van der Waals surface area contributed by atoms with Gasteiger partial charge < -0.3 is 29.9 Å². The average molecular weight is 734 g/mol. The van der Waals surface area contributed by atoms with Crippen LogP contribution in [0.1, 0.15) is 90.2 Å². The van der Waals surface area contributed by atoms with Gasteiger partial charge in [0.05, 0.1) is 34.8 Å². The van der Waals surface area contributed by atoms with Crippen molar-refractivity contribution in [1.29, 1.82) is 0 Å². The number of likely N-dealkylation sites (tertiary alicyclic amines) is 2. The molecule has 0 radical (unpaired) electrons. The normalized spacial score (nSPS) is 23.9. The molecule has 2 N–H and O–H groups in total. The molecule has 1 aliphatic carbocycles. The van der Waals surface area contributed by atoms with Crippen molar-refractivity contribution in [3.63, 3.8) is 0 Å². The Kier molecular flexibility index (Phi) is 8.96. The molecule has 3 saturated heterocycles. The molecule has 4 aliphatic heterocycles. The Bertz CT molecular complexity index is 2070. The van der Waals surface area contributed by atoms with Gasteiger partial charge in [-0.15, -0.1) is 0 Å². The summed E-state index contributed by atoms with van der Waals surface area (Å²) in [5.74, 6) is 0.460. The van der Waals surface area contributed by atoms with E-state index in [2.05, 4.69) is 64.4 Å². The number of nitrogens with one attached hydrogen (secondary N) is 2. The number of benzene rings is 1. The van der Waals surface area contributed by atoms with Crippen molar-refractivity contribution in [3.8, 4) is 11.3 Å². The summed E-state index contributed by atoms with van der Waals surface area (Å²) in [6.07, 6.45) is 13.2. The Balaban J connectivity index is 1.07. The molecule has 11 nitrogen and oxygen atoms in total. The molecule has 0 atom stereocenters. The van der Waals surface area contributed by atoms with E-state index in [-0.39, 0.29) is 35.0 Å². The number of hydrogen-bond acceptors (Lipinski definition) is 8. The minimum absolute atomic E-state index is 0.113. The van der Waals surface area contributed by atoms with E-state index in [9.17, 15) is 14.0 Å². The largest absolute Gasteiger partial charge is 0.342 e. The van der Waals surface area contributed by atoms with E-state index in [4.69, 9.17) is 9.97 Å². The third-order valence-electron chi connectivity index (χ3n) is 13.3. The van der Waals surface area contributed by atoms with Crippen molar-refractivity contribution in [1.82, 2.24) is 34.6 Å². The molecule has 7 heterocycles. The number of pyridine rings is 2. The van der Waals surface area contributed by atoms with Crippen LogP contribution in [0.3, 0.4) is 0 Å². The highest BCUT2D eigenvalue weighted by Crippen LogP contribution is 2.52. The number of halogens is 1. The Hall–Kier alpha value is -4.42. The number of fused-ring (bicyclic) bond motifs is 3. The number of hydrogen-bond donors (Lipinski definition) is 2. The number of piperidine rings is 3. The van der Waals surface area contributed by atoms with Gasteiger partial charge in [-0.1, -0.05) is 25.5 Å². The zero-order valence-corrected chi connectivity index (χ0v) is 31.8. The number of carbonyl (C=O) groups excluding carboxylic acids is 2. The number of rotatable bonds is 7. The summed E-state index contributed by atoms with van der Waals surface area (Å²) in [7, 11) is 0. The first-order valence-electron chi connectivity index (χ1n) is 20.1. The molecule has 0 bridgehead atoms. The van der Waals surface area contributed by atoms with Crippen LogP contribution in [0.4, 0.5) is 21.6 Å². The van der Waals surface area contributed by atoms with E-state index in [1.807, 2.05) is 15.5 Å². The third kappa shape index (κ3) is 5.87. The number of anilines is 3. The molecule has 0 unspecified atom stereocenters. The van der Waals surface area contributed by atoms with Crippen LogP contribution in [-0.2, 0) is 15.0 Å². The molecule has 54 heavy (non-hydrogen) atoms. The summed E-state index contributed by atoms with van der Waals surface area (Å²) in [5, 5.41) is 6.64. The Morgan fingerprint density at radius 2 is 1.74 bits per heavy atom. The lowest BCUT2D eigenvalue weighted by Crippen LogP contribution is -2.59. The van der Waals surface area contributed by atoms with E-state index in [1.54, 1.807) is 18.6 Å². The number of imidazole rings is 1. The van der Waals surface area contributed by atoms with Gasteiger partial charge in [0, 0.05) is 54.1 Å². The van der Waals surface area contributed by atoms with E-state index in [1.165, 1.54) is 25.5 Å². The second-order valence-corrected chi connectivity index (χ2v) is 16.9. The molecule has 9 rings (SSSR count). The standard InChI is InChI=1S/C42H52FN9O2/c1-27(2)51-26-46-35-24-34(48-38(37(35)51)47-33-9-14-45-25-32(33)43)28-7-8-31-36(21-28)52(30-22-29(23-30)49-17-5-4-6-18-49)40(54)42(31)12-19-50(20-13-42)39(53)41(3)10-15-44-16-11-41/h7-9,14,21,24-27,29-30,44H,4-6,10-13,15-20,22-23H2,1-3H3,(H,45,47,48)/t29-,30+. The fourth-order valence-electron chi connectivity index (χ4n) is 9.90. The molecule has 1 spiro atoms. The molecule has 1 saturated carbocycles. The van der Waals surface area contributed by atoms with Gasteiger partial charge in [0.1, 0.15) is 5.52 Å². The Morgan fingerprint density at radius 1 is 0.981 bits per heavy atom. The third-order valence-corrected chi connectivity index (χ3v) is 13.3. The van der Waals surface area contributed by atoms with Crippen LogP contribution in [0.5, 0.6) is 0 Å². The zero-order valence-electron chi connectivity index (χ0n) is 31.8. The van der Waals surface area contributed by atoms with Crippen molar-refractivity contribution in [2.24, 2.45) is 5.41 Å². The van der Waals surface area contributed by atoms with Crippen LogP contribution in [-0.4, -0.2) is 92.5 Å². The van der Waals surface area contributed by atoms with Crippen LogP contribution in [0.25, 0.3) is 22.3 Å². The minimum Gasteiger partial charge on any atom is -0.342 e. The lowest BCUT2D eigenvalue weighted by atomic mass is 9.72. The molecule has 1 aromatic carbocycles. The van der Waals surface area contributed by atoms with Crippen molar-refractivity contribution in [3.05, 3.63) is 60.4 Å². The van der Waals surface area contributed by atoms with Gasteiger partial charge in [-0.05, 0) is 115 Å². The van der Waals surface area contributed by atoms with Crippen LogP contribution in [0.15, 0.2) is 49.1 Å². The molecule has 2 amide bonds. The molecule has 4 fully saturated rings. The summed E-state index contributed by atoms with van der Waals surface area (Å²) < 4.78 is 16.9. The van der Waals surface area contributed by atoms with Gasteiger partial charge in [-0.2, -0.15) is 0 Å². The first-order valence-corrected chi connectivity index (χ1v) is 20.1. The maximum atomic E-state index is 15.0. The van der Waals surface area contributed by atoms with Gasteiger partial charge in [0.15, 0.2) is 11.6 Å². The second-order valence-electron chi connectivity index (χ2n) is 16.9. The number of aromatic nitrogens is 4. The van der Waals surface area contributed by atoms with Gasteiger partial charge >= 0.3 is 0 Å². The van der Waals surface area contributed by atoms with Crippen molar-refractivity contribution in [2.45, 2.75) is 102 Å². The summed E-state index contributed by atoms with van der Waals surface area (Å²) >= 11 is 0. The van der Waals surface area contributed by atoms with Gasteiger partial charge in [-0.3, -0.25) is 14.6 Å². The highest BCUT2D eigenvalue weighted by Gasteiger charge is 2.56. The van der Waals surface area contributed by atoms with Crippen LogP contribution in [0.2, 0.25) is 0 Å². The fourth-order valence-corrected chi connectivity index (χ4v) is 9.90. The zero-order chi connectivity index (χ0) is 37.2. The van der Waals surface area contributed by atoms with Crippen molar-refractivity contribution < 1.29 is 14.0 Å². The first kappa shape index (κ1) is 35.3. The molecule has 5 aliphatic rings. The molecular weight excluding hydrogens is 682 g/mol. The van der Waals surface area contributed by atoms with Crippen LogP contribution in [0, 0.1) is 11.2 Å². The summed E-state index contributed by atoms with van der Waals surface area (Å²) in [6.45, 7) is 11.5. The quantitative estimate of drug-likeness (QED) is 0.220. The monoisotopic (exact) mass is 733 g/mol. The Labute approximate surface area is 316 Å². The van der Waals surface area contributed by atoms with Gasteiger partial charge in [0.25, 0.3) is 0 Å². The summed E-state index contributed by atoms with van der Waals surface area (Å²) in [5.41, 5.74) is 4.43. The maximum Gasteiger partial charge on any atom is 0.238 e. The second kappa shape index (κ2) is 13.7. The predicted molar refractivity (Wildman–Crippen MR) is 208 cm³/mol. The van der Waals surface area contributed by atoms with Crippen molar-refractivity contribution in [2.75, 3.05) is 49.5 Å². The van der Waals surface area contributed by atoms with Crippen molar-refractivity contribution >= 4 is 40.0 Å². The smallest absolute Gasteiger partial charge is 0.238 e. The summed E-state index contributed by atoms with van der Waals surface area (Å²) in [4.78, 5) is 49.4. The summed E-state index contributed by atoms with van der Waals surface area (Å²) in [6, 6.07) is 10.7. The lowest BCUT2D eigenvalue weighted by molar-refractivity contribution is -0.145. The minimum atomic E-state index is -0.658. The lowest BCUT2D eigenvalue weighted by Gasteiger charge is -2.48. The van der Waals surface area contributed by atoms with E-state index in [0.29, 0.717) is 43.5 Å². The van der Waals surface area contributed by atoms with Gasteiger partial charge in [-0.25, -0.2) is 14.4 Å². The molecule has 4 aromatic rings. The molecule has 3 aromatic heterocycles.